The van der Waals surface area contributed by atoms with Gasteiger partial charge in [-0.05, 0) is 47.2 Å². The van der Waals surface area contributed by atoms with Gasteiger partial charge in [-0.15, -0.1) is 0 Å². The average Bonchev–Trinajstić information content (AvgIpc) is 3.18. The molecule has 0 atom stereocenters. The van der Waals surface area contributed by atoms with Crippen molar-refractivity contribution in [1.82, 2.24) is 20.2 Å². The Morgan fingerprint density at radius 3 is 2.96 bits per heavy atom. The molecule has 0 radical (unpaired) electrons. The molecule has 6 nitrogen and oxygen atoms in total. The Hall–Kier alpha value is -2.41. The molecule has 3 rings (SSSR count). The smallest absolute Gasteiger partial charge is 0.243 e. The predicted molar refractivity (Wildman–Crippen MR) is 84.5 cm³/mol. The number of aromatic nitrogens is 4. The van der Waals surface area contributed by atoms with Crippen LogP contribution in [0.3, 0.4) is 0 Å². The summed E-state index contributed by atoms with van der Waals surface area (Å²) in [6.45, 7) is 3.24. The first-order valence-corrected chi connectivity index (χ1v) is 7.59. The third-order valence-electron chi connectivity index (χ3n) is 3.25. The van der Waals surface area contributed by atoms with Crippen LogP contribution in [0.2, 0.25) is 5.02 Å². The van der Waals surface area contributed by atoms with Crippen molar-refractivity contribution in [2.45, 2.75) is 26.4 Å². The van der Waals surface area contributed by atoms with Crippen LogP contribution in [0.15, 0.2) is 34.7 Å². The number of rotatable bonds is 6. The summed E-state index contributed by atoms with van der Waals surface area (Å²) in [7, 11) is 0. The average molecular weight is 336 g/mol. The molecular weight excluding hydrogens is 321 g/mol. The van der Waals surface area contributed by atoms with E-state index in [1.165, 1.54) is 12.1 Å². The van der Waals surface area contributed by atoms with E-state index in [1.807, 2.05) is 12.1 Å². The van der Waals surface area contributed by atoms with Crippen molar-refractivity contribution in [3.63, 3.8) is 0 Å². The van der Waals surface area contributed by atoms with Crippen molar-refractivity contribution in [2.75, 3.05) is 5.32 Å². The summed E-state index contributed by atoms with van der Waals surface area (Å²) in [4.78, 5) is 0. The molecule has 120 valence electrons. The number of benzene rings is 1. The van der Waals surface area contributed by atoms with Gasteiger partial charge in [0.05, 0.1) is 11.6 Å². The highest BCUT2D eigenvalue weighted by molar-refractivity contribution is 6.31. The third-order valence-corrected chi connectivity index (χ3v) is 3.54. The van der Waals surface area contributed by atoms with Gasteiger partial charge in [0, 0.05) is 12.1 Å². The van der Waals surface area contributed by atoms with Crippen LogP contribution < -0.4 is 5.32 Å². The minimum atomic E-state index is -0.452. The SMILES string of the molecule is CCCn1nnnc1NCc1ccc(-c2ccc(F)c(Cl)c2)o1. The molecule has 23 heavy (non-hydrogen) atoms. The molecule has 0 saturated heterocycles. The highest BCUT2D eigenvalue weighted by Gasteiger charge is 2.09. The lowest BCUT2D eigenvalue weighted by molar-refractivity contribution is 0.528. The fraction of sp³-hybridized carbons (Fsp3) is 0.267. The summed E-state index contributed by atoms with van der Waals surface area (Å²) >= 11 is 5.79. The lowest BCUT2D eigenvalue weighted by atomic mass is 10.2. The minimum Gasteiger partial charge on any atom is -0.459 e. The minimum absolute atomic E-state index is 0.0670. The van der Waals surface area contributed by atoms with Crippen LogP contribution >= 0.6 is 11.6 Å². The van der Waals surface area contributed by atoms with Crippen LogP contribution in [0.4, 0.5) is 10.3 Å². The van der Waals surface area contributed by atoms with E-state index >= 15 is 0 Å². The molecule has 0 spiro atoms. The zero-order chi connectivity index (χ0) is 16.2. The number of nitrogens with one attached hydrogen (secondary N) is 1. The Morgan fingerprint density at radius 1 is 1.30 bits per heavy atom. The first-order valence-electron chi connectivity index (χ1n) is 7.21. The van der Waals surface area contributed by atoms with E-state index in [1.54, 1.807) is 10.7 Å². The number of aryl methyl sites for hydroxylation is 1. The molecule has 0 fully saturated rings. The van der Waals surface area contributed by atoms with Gasteiger partial charge in [-0.2, -0.15) is 0 Å². The van der Waals surface area contributed by atoms with Crippen molar-refractivity contribution < 1.29 is 8.81 Å². The van der Waals surface area contributed by atoms with Gasteiger partial charge >= 0.3 is 0 Å². The van der Waals surface area contributed by atoms with Crippen LogP contribution in [0, 0.1) is 5.82 Å². The molecule has 0 saturated carbocycles. The quantitative estimate of drug-likeness (QED) is 0.743. The molecule has 0 aliphatic carbocycles. The maximum absolute atomic E-state index is 13.2. The molecule has 0 aliphatic heterocycles. The van der Waals surface area contributed by atoms with Crippen LogP contribution in [-0.2, 0) is 13.1 Å². The van der Waals surface area contributed by atoms with Crippen molar-refractivity contribution in [1.29, 1.82) is 0 Å². The first-order chi connectivity index (χ1) is 11.2. The molecule has 0 bridgehead atoms. The lowest BCUT2D eigenvalue weighted by Gasteiger charge is -2.04. The van der Waals surface area contributed by atoms with E-state index in [2.05, 4.69) is 27.8 Å². The topological polar surface area (TPSA) is 68.8 Å². The maximum Gasteiger partial charge on any atom is 0.243 e. The number of anilines is 1. The van der Waals surface area contributed by atoms with Crippen LogP contribution in [0.25, 0.3) is 11.3 Å². The van der Waals surface area contributed by atoms with Gasteiger partial charge in [0.15, 0.2) is 0 Å². The summed E-state index contributed by atoms with van der Waals surface area (Å²) in [6.07, 6.45) is 0.940. The second kappa shape index (κ2) is 6.78. The van der Waals surface area contributed by atoms with Crippen molar-refractivity contribution >= 4 is 17.5 Å². The summed E-state index contributed by atoms with van der Waals surface area (Å²) in [6, 6.07) is 8.13. The predicted octanol–water partition coefficient (Wildman–Crippen LogP) is 3.75. The zero-order valence-corrected chi connectivity index (χ0v) is 13.2. The van der Waals surface area contributed by atoms with Crippen molar-refractivity contribution in [3.05, 3.63) is 46.9 Å². The second-order valence-corrected chi connectivity index (χ2v) is 5.38. The number of hydrogen-bond acceptors (Lipinski definition) is 5. The van der Waals surface area contributed by atoms with Gasteiger partial charge in [-0.25, -0.2) is 9.07 Å². The van der Waals surface area contributed by atoms with Gasteiger partial charge in [0.2, 0.25) is 5.95 Å². The molecule has 1 aromatic carbocycles. The van der Waals surface area contributed by atoms with E-state index in [0.29, 0.717) is 24.0 Å². The highest BCUT2D eigenvalue weighted by Crippen LogP contribution is 2.26. The fourth-order valence-corrected chi connectivity index (χ4v) is 2.32. The van der Waals surface area contributed by atoms with Crippen LogP contribution in [0.1, 0.15) is 19.1 Å². The molecular formula is C15H15ClFN5O. The fourth-order valence-electron chi connectivity index (χ4n) is 2.14. The number of nitrogens with zero attached hydrogens (tertiary/aromatic N) is 4. The van der Waals surface area contributed by atoms with Crippen LogP contribution in [-0.4, -0.2) is 20.2 Å². The lowest BCUT2D eigenvalue weighted by Crippen LogP contribution is -2.08. The molecule has 2 heterocycles. The highest BCUT2D eigenvalue weighted by atomic mass is 35.5. The summed E-state index contributed by atoms with van der Waals surface area (Å²) < 4.78 is 20.6. The standard InChI is InChI=1S/C15H15ClFN5O/c1-2-7-22-15(19-20-21-22)18-9-11-4-6-14(23-11)10-3-5-13(17)12(16)8-10/h3-6,8H,2,7,9H2,1H3,(H,18,19,21). The van der Waals surface area contributed by atoms with Gasteiger partial charge < -0.3 is 9.73 Å². The Bertz CT molecular complexity index is 801. The molecule has 0 aliphatic rings. The van der Waals surface area contributed by atoms with Gasteiger partial charge in [-0.3, -0.25) is 0 Å². The van der Waals surface area contributed by atoms with Gasteiger partial charge in [0.25, 0.3) is 0 Å². The Morgan fingerprint density at radius 2 is 2.17 bits per heavy atom. The van der Waals surface area contributed by atoms with Gasteiger partial charge in [0.1, 0.15) is 17.3 Å². The Balaban J connectivity index is 1.69. The van der Waals surface area contributed by atoms with E-state index in [4.69, 9.17) is 16.0 Å². The van der Waals surface area contributed by atoms with E-state index in [-0.39, 0.29) is 5.02 Å². The van der Waals surface area contributed by atoms with E-state index in [9.17, 15) is 4.39 Å². The molecule has 0 amide bonds. The summed E-state index contributed by atoms with van der Waals surface area (Å²) in [5.41, 5.74) is 0.721. The molecule has 3 aromatic rings. The first kappa shape index (κ1) is 15.5. The molecule has 0 unspecified atom stereocenters. The number of hydrogen-bond donors (Lipinski definition) is 1. The number of tetrazole rings is 1. The monoisotopic (exact) mass is 335 g/mol. The van der Waals surface area contributed by atoms with Crippen molar-refractivity contribution in [2.24, 2.45) is 0 Å². The van der Waals surface area contributed by atoms with E-state index in [0.717, 1.165) is 18.5 Å². The van der Waals surface area contributed by atoms with E-state index < -0.39 is 5.82 Å². The van der Waals surface area contributed by atoms with Crippen LogP contribution in [0.5, 0.6) is 0 Å². The van der Waals surface area contributed by atoms with Gasteiger partial charge in [-0.1, -0.05) is 23.6 Å². The maximum atomic E-state index is 13.2. The number of halogens is 2. The van der Waals surface area contributed by atoms with Crippen molar-refractivity contribution in [3.8, 4) is 11.3 Å². The largest absolute Gasteiger partial charge is 0.459 e. The second-order valence-electron chi connectivity index (χ2n) is 4.97. The number of furan rings is 1. The normalized spacial score (nSPS) is 10.9. The Labute approximate surface area is 137 Å². The zero-order valence-electron chi connectivity index (χ0n) is 12.5. The third kappa shape index (κ3) is 3.50. The molecule has 8 heteroatoms. The molecule has 2 aromatic heterocycles. The summed E-state index contributed by atoms with van der Waals surface area (Å²) in [5.74, 6) is 1.48. The molecule has 1 N–H and O–H groups in total. The Kier molecular flexibility index (Phi) is 4.57. The summed E-state index contributed by atoms with van der Waals surface area (Å²) in [5, 5.41) is 14.7.